The summed E-state index contributed by atoms with van der Waals surface area (Å²) < 4.78 is 0. The number of nitro benzene ring substituents is 1. The lowest BCUT2D eigenvalue weighted by molar-refractivity contribution is -0.386. The van der Waals surface area contributed by atoms with Crippen molar-refractivity contribution in [3.8, 4) is 0 Å². The summed E-state index contributed by atoms with van der Waals surface area (Å²) in [5, 5.41) is 24.8. The van der Waals surface area contributed by atoms with Gasteiger partial charge < -0.3 is 10.1 Å². The Morgan fingerprint density at radius 1 is 1.24 bits per heavy atom. The molecule has 1 aliphatic heterocycles. The van der Waals surface area contributed by atoms with E-state index in [9.17, 15) is 20.2 Å². The van der Waals surface area contributed by atoms with Gasteiger partial charge in [-0.15, -0.1) is 0 Å². The molecule has 8 heteroatoms. The minimum atomic E-state index is -0.799. The maximum Gasteiger partial charge on any atom is 0.396 e. The maximum atomic E-state index is 10.8. The van der Waals surface area contributed by atoms with Gasteiger partial charge in [0.15, 0.2) is 11.8 Å². The van der Waals surface area contributed by atoms with Gasteiger partial charge in [0, 0.05) is 11.6 Å². The molecule has 0 amide bonds. The van der Waals surface area contributed by atoms with E-state index in [-0.39, 0.29) is 17.9 Å². The fourth-order valence-corrected chi connectivity index (χ4v) is 1.65. The molecule has 88 valence electrons. The zero-order valence-electron chi connectivity index (χ0n) is 8.48. The molecule has 2 rings (SSSR count). The average molecular weight is 237 g/mol. The lowest BCUT2D eigenvalue weighted by Gasteiger charge is -2.06. The monoisotopic (exact) mass is 237 g/mol. The van der Waals surface area contributed by atoms with Crippen molar-refractivity contribution in [1.82, 2.24) is 0 Å². The van der Waals surface area contributed by atoms with E-state index < -0.39 is 21.6 Å². The van der Waals surface area contributed by atoms with Gasteiger partial charge in [-0.2, -0.15) is 0 Å². The van der Waals surface area contributed by atoms with Gasteiger partial charge in [-0.3, -0.25) is 15.0 Å². The molecule has 1 unspecified atom stereocenters. The topological polar surface area (TPSA) is 108 Å². The molecular formula is C9H7N3O5. The lowest BCUT2D eigenvalue weighted by atomic mass is 9.97. The molecule has 0 fully saturated rings. The fourth-order valence-electron chi connectivity index (χ4n) is 1.65. The Bertz CT molecular complexity index is 513. The Labute approximate surface area is 94.8 Å². The summed E-state index contributed by atoms with van der Waals surface area (Å²) in [4.78, 5) is 24.9. The highest BCUT2D eigenvalue weighted by atomic mass is 16.7. The van der Waals surface area contributed by atoms with Crippen molar-refractivity contribution >= 4 is 11.5 Å². The molecule has 1 atom stereocenters. The summed E-state index contributed by atoms with van der Waals surface area (Å²) in [5.41, 5.74) is 0.0722. The normalized spacial score (nSPS) is 18.4. The van der Waals surface area contributed by atoms with Crippen LogP contribution in [0.4, 0.5) is 5.69 Å². The van der Waals surface area contributed by atoms with Crippen molar-refractivity contribution in [2.75, 3.05) is 6.61 Å². The highest BCUT2D eigenvalue weighted by Gasteiger charge is 2.39. The van der Waals surface area contributed by atoms with Crippen LogP contribution in [-0.2, 0) is 4.84 Å². The summed E-state index contributed by atoms with van der Waals surface area (Å²) in [5.74, 6) is -1.20. The largest absolute Gasteiger partial charge is 0.396 e. The Morgan fingerprint density at radius 3 is 2.59 bits per heavy atom. The highest BCUT2D eigenvalue weighted by Crippen LogP contribution is 2.30. The Balaban J connectivity index is 2.44. The van der Waals surface area contributed by atoms with Crippen molar-refractivity contribution in [1.29, 1.82) is 0 Å². The lowest BCUT2D eigenvalue weighted by Crippen LogP contribution is -2.20. The summed E-state index contributed by atoms with van der Waals surface area (Å²) >= 11 is 0. The van der Waals surface area contributed by atoms with E-state index in [4.69, 9.17) is 0 Å². The molecule has 1 aromatic carbocycles. The molecule has 0 saturated heterocycles. The van der Waals surface area contributed by atoms with Gasteiger partial charge in [0.2, 0.25) is 0 Å². The van der Waals surface area contributed by atoms with E-state index in [0.717, 1.165) is 0 Å². The van der Waals surface area contributed by atoms with Gasteiger partial charge in [0.05, 0.1) is 4.92 Å². The number of nitro groups is 2. The van der Waals surface area contributed by atoms with Crippen LogP contribution in [0, 0.1) is 20.2 Å². The minimum absolute atomic E-state index is 0.0544. The van der Waals surface area contributed by atoms with Crippen molar-refractivity contribution in [2.45, 2.75) is 5.92 Å². The summed E-state index contributed by atoms with van der Waals surface area (Å²) in [6, 6.07) is 5.85. The van der Waals surface area contributed by atoms with Crippen LogP contribution >= 0.6 is 0 Å². The van der Waals surface area contributed by atoms with Crippen LogP contribution < -0.4 is 0 Å². The van der Waals surface area contributed by atoms with E-state index in [0.29, 0.717) is 0 Å². The second kappa shape index (κ2) is 4.16. The molecule has 0 saturated carbocycles. The summed E-state index contributed by atoms with van der Waals surface area (Å²) in [7, 11) is 0. The van der Waals surface area contributed by atoms with Crippen LogP contribution in [0.15, 0.2) is 29.4 Å². The van der Waals surface area contributed by atoms with Crippen LogP contribution in [0.3, 0.4) is 0 Å². The Kier molecular flexibility index (Phi) is 2.69. The van der Waals surface area contributed by atoms with Gasteiger partial charge in [-0.1, -0.05) is 18.2 Å². The van der Waals surface area contributed by atoms with Crippen LogP contribution in [0.25, 0.3) is 0 Å². The average Bonchev–Trinajstić information content (AvgIpc) is 2.77. The molecule has 8 nitrogen and oxygen atoms in total. The SMILES string of the molecule is O=[N+]([O-])C1=NOCC1c1ccccc1[N+](=O)[O-]. The molecular weight excluding hydrogens is 230 g/mol. The molecule has 0 aliphatic carbocycles. The number of benzene rings is 1. The van der Waals surface area contributed by atoms with E-state index in [2.05, 4.69) is 9.99 Å². The molecule has 0 radical (unpaired) electrons. The van der Waals surface area contributed by atoms with Crippen molar-refractivity contribution in [3.05, 3.63) is 50.1 Å². The quantitative estimate of drug-likeness (QED) is 0.568. The number of hydrogen-bond donors (Lipinski definition) is 0. The molecule has 0 N–H and O–H groups in total. The highest BCUT2D eigenvalue weighted by molar-refractivity contribution is 5.84. The van der Waals surface area contributed by atoms with Crippen molar-refractivity contribution in [2.24, 2.45) is 5.16 Å². The number of amidine groups is 1. The first-order chi connectivity index (χ1) is 8.11. The molecule has 17 heavy (non-hydrogen) atoms. The van der Waals surface area contributed by atoms with Crippen LogP contribution in [0.1, 0.15) is 11.5 Å². The predicted molar refractivity (Wildman–Crippen MR) is 56.2 cm³/mol. The van der Waals surface area contributed by atoms with Gasteiger partial charge in [0.25, 0.3) is 5.69 Å². The smallest absolute Gasteiger partial charge is 0.358 e. The number of oxime groups is 1. The minimum Gasteiger partial charge on any atom is -0.358 e. The molecule has 0 spiro atoms. The van der Waals surface area contributed by atoms with E-state index in [1.54, 1.807) is 6.07 Å². The van der Waals surface area contributed by atoms with Crippen molar-refractivity contribution in [3.63, 3.8) is 0 Å². The summed E-state index contributed by atoms with van der Waals surface area (Å²) in [6.07, 6.45) is 0. The standard InChI is InChI=1S/C9H7N3O5/c13-11(14)8-4-2-1-3-6(8)7-5-17-10-9(7)12(15)16/h1-4,7H,5H2. The van der Waals surface area contributed by atoms with Gasteiger partial charge >= 0.3 is 5.84 Å². The zero-order chi connectivity index (χ0) is 12.4. The third-order valence-corrected chi connectivity index (χ3v) is 2.41. The third kappa shape index (κ3) is 1.92. The first-order valence-corrected chi connectivity index (χ1v) is 4.69. The molecule has 1 aromatic rings. The van der Waals surface area contributed by atoms with Gasteiger partial charge in [0.1, 0.15) is 5.92 Å². The molecule has 1 aliphatic rings. The first-order valence-electron chi connectivity index (χ1n) is 4.69. The number of rotatable bonds is 2. The zero-order valence-corrected chi connectivity index (χ0v) is 8.48. The Hall–Kier alpha value is -2.51. The van der Waals surface area contributed by atoms with Crippen LogP contribution in [0.2, 0.25) is 0 Å². The molecule has 0 aromatic heterocycles. The predicted octanol–water partition coefficient (Wildman–Crippen LogP) is 1.30. The Morgan fingerprint density at radius 2 is 1.94 bits per heavy atom. The van der Waals surface area contributed by atoms with Crippen LogP contribution in [0.5, 0.6) is 0 Å². The number of hydrogen-bond acceptors (Lipinski definition) is 6. The molecule has 1 heterocycles. The van der Waals surface area contributed by atoms with E-state index in [1.807, 2.05) is 0 Å². The van der Waals surface area contributed by atoms with E-state index in [1.165, 1.54) is 18.2 Å². The number of para-hydroxylation sites is 1. The number of nitrogens with zero attached hydrogens (tertiary/aromatic N) is 3. The van der Waals surface area contributed by atoms with Crippen LogP contribution in [-0.4, -0.2) is 22.3 Å². The second-order valence-corrected chi connectivity index (χ2v) is 3.37. The second-order valence-electron chi connectivity index (χ2n) is 3.37. The van der Waals surface area contributed by atoms with Gasteiger partial charge in [-0.25, -0.2) is 0 Å². The third-order valence-electron chi connectivity index (χ3n) is 2.41. The maximum absolute atomic E-state index is 10.8. The summed E-state index contributed by atoms with van der Waals surface area (Å²) in [6.45, 7) is -0.0544. The fraction of sp³-hybridized carbons (Fsp3) is 0.222. The van der Waals surface area contributed by atoms with E-state index >= 15 is 0 Å². The molecule has 0 bridgehead atoms. The first kappa shape index (κ1) is 11.0. The van der Waals surface area contributed by atoms with Crippen molar-refractivity contribution < 1.29 is 14.7 Å². The van der Waals surface area contributed by atoms with Gasteiger partial charge in [-0.05, 0) is 4.92 Å².